The fourth-order valence-corrected chi connectivity index (χ4v) is 3.89. The van der Waals surface area contributed by atoms with Gasteiger partial charge in [0.05, 0.1) is 6.04 Å². The van der Waals surface area contributed by atoms with Crippen molar-refractivity contribution in [2.24, 2.45) is 0 Å². The van der Waals surface area contributed by atoms with Gasteiger partial charge in [0.2, 0.25) is 5.91 Å². The lowest BCUT2D eigenvalue weighted by molar-refractivity contribution is -0.135. The predicted octanol–water partition coefficient (Wildman–Crippen LogP) is 3.16. The van der Waals surface area contributed by atoms with Crippen LogP contribution in [0.4, 0.5) is 0 Å². The Bertz CT molecular complexity index is 930. The monoisotopic (exact) mass is 347 g/mol. The molecule has 1 aliphatic heterocycles. The summed E-state index contributed by atoms with van der Waals surface area (Å²) in [5.41, 5.74) is 3.85. The van der Waals surface area contributed by atoms with E-state index >= 15 is 0 Å². The standard InChI is InChI=1S/C22H25N3O/c1-23(13-14-25-12-11-17-7-5-6-10-20(17)25)22(26)21-15-18-8-3-4-9-19(18)16-24(21)2/h3-12,21H,13-16H2,1-2H3/t21-/m0/s1. The van der Waals surface area contributed by atoms with Gasteiger partial charge in [-0.2, -0.15) is 0 Å². The number of fused-ring (bicyclic) bond motifs is 2. The largest absolute Gasteiger partial charge is 0.346 e. The summed E-state index contributed by atoms with van der Waals surface area (Å²) in [5.74, 6) is 0.207. The van der Waals surface area contributed by atoms with E-state index in [4.69, 9.17) is 0 Å². The quantitative estimate of drug-likeness (QED) is 0.725. The van der Waals surface area contributed by atoms with Gasteiger partial charge in [-0.05, 0) is 42.1 Å². The van der Waals surface area contributed by atoms with Crippen molar-refractivity contribution in [1.29, 1.82) is 0 Å². The highest BCUT2D eigenvalue weighted by Gasteiger charge is 2.30. The molecule has 0 bridgehead atoms. The SMILES string of the molecule is CN(CCn1ccc2ccccc21)C(=O)[C@@H]1Cc2ccccc2CN1C. The van der Waals surface area contributed by atoms with E-state index in [1.807, 2.05) is 19.0 Å². The van der Waals surface area contributed by atoms with Gasteiger partial charge in [0.1, 0.15) is 0 Å². The van der Waals surface area contributed by atoms with Crippen LogP contribution in [0.3, 0.4) is 0 Å². The van der Waals surface area contributed by atoms with Crippen LogP contribution in [0.25, 0.3) is 10.9 Å². The van der Waals surface area contributed by atoms with E-state index < -0.39 is 0 Å². The van der Waals surface area contributed by atoms with Gasteiger partial charge < -0.3 is 9.47 Å². The molecular weight excluding hydrogens is 322 g/mol. The zero-order valence-electron chi connectivity index (χ0n) is 15.4. The van der Waals surface area contributed by atoms with E-state index in [-0.39, 0.29) is 11.9 Å². The zero-order chi connectivity index (χ0) is 18.1. The summed E-state index contributed by atoms with van der Waals surface area (Å²) in [6.07, 6.45) is 2.90. The number of para-hydroxylation sites is 1. The highest BCUT2D eigenvalue weighted by molar-refractivity contribution is 5.82. The first-order chi connectivity index (χ1) is 12.6. The molecule has 26 heavy (non-hydrogen) atoms. The van der Waals surface area contributed by atoms with Crippen molar-refractivity contribution in [3.8, 4) is 0 Å². The molecule has 1 aliphatic rings. The summed E-state index contributed by atoms with van der Waals surface area (Å²) in [5, 5.41) is 1.24. The molecule has 4 nitrogen and oxygen atoms in total. The lowest BCUT2D eigenvalue weighted by atomic mass is 9.94. The highest BCUT2D eigenvalue weighted by atomic mass is 16.2. The van der Waals surface area contributed by atoms with Crippen LogP contribution in [0, 0.1) is 0 Å². The average Bonchev–Trinajstić information content (AvgIpc) is 3.08. The van der Waals surface area contributed by atoms with Gasteiger partial charge in [0, 0.05) is 38.4 Å². The molecule has 4 heteroatoms. The molecule has 0 N–H and O–H groups in total. The second-order valence-corrected chi connectivity index (χ2v) is 7.23. The number of carbonyl (C=O) groups excluding carboxylic acids is 1. The lowest BCUT2D eigenvalue weighted by Gasteiger charge is -2.35. The molecule has 2 aromatic carbocycles. The molecule has 1 aromatic heterocycles. The van der Waals surface area contributed by atoms with Crippen LogP contribution in [0.15, 0.2) is 60.8 Å². The molecule has 0 aliphatic carbocycles. The van der Waals surface area contributed by atoms with Crippen LogP contribution in [-0.4, -0.2) is 47.0 Å². The van der Waals surface area contributed by atoms with E-state index in [9.17, 15) is 4.79 Å². The highest BCUT2D eigenvalue weighted by Crippen LogP contribution is 2.23. The number of amides is 1. The first kappa shape index (κ1) is 16.9. The van der Waals surface area contributed by atoms with Crippen molar-refractivity contribution in [1.82, 2.24) is 14.4 Å². The molecule has 0 saturated heterocycles. The van der Waals surface area contributed by atoms with Crippen molar-refractivity contribution >= 4 is 16.8 Å². The molecule has 4 rings (SSSR count). The third-order valence-corrected chi connectivity index (χ3v) is 5.50. The average molecular weight is 347 g/mol. The Labute approximate surface area is 154 Å². The zero-order valence-corrected chi connectivity index (χ0v) is 15.4. The first-order valence-corrected chi connectivity index (χ1v) is 9.19. The maximum Gasteiger partial charge on any atom is 0.240 e. The van der Waals surface area contributed by atoms with Crippen LogP contribution in [0.5, 0.6) is 0 Å². The molecular formula is C22H25N3O. The number of nitrogens with zero attached hydrogens (tertiary/aromatic N) is 3. The van der Waals surface area contributed by atoms with Crippen molar-refractivity contribution in [3.05, 3.63) is 71.9 Å². The predicted molar refractivity (Wildman–Crippen MR) is 105 cm³/mol. The van der Waals surface area contributed by atoms with Crippen molar-refractivity contribution in [2.75, 3.05) is 20.6 Å². The van der Waals surface area contributed by atoms with Crippen molar-refractivity contribution < 1.29 is 4.79 Å². The third-order valence-electron chi connectivity index (χ3n) is 5.50. The Morgan fingerprint density at radius 2 is 1.81 bits per heavy atom. The van der Waals surface area contributed by atoms with Gasteiger partial charge in [-0.25, -0.2) is 0 Å². The van der Waals surface area contributed by atoms with Gasteiger partial charge in [-0.3, -0.25) is 9.69 Å². The Balaban J connectivity index is 1.43. The lowest BCUT2D eigenvalue weighted by Crippen LogP contribution is -2.49. The van der Waals surface area contributed by atoms with Gasteiger partial charge in [0.15, 0.2) is 0 Å². The van der Waals surface area contributed by atoms with E-state index in [0.29, 0.717) is 6.54 Å². The number of hydrogen-bond donors (Lipinski definition) is 0. The minimum atomic E-state index is -0.0729. The van der Waals surface area contributed by atoms with Crippen LogP contribution in [0.2, 0.25) is 0 Å². The Hall–Kier alpha value is -2.59. The summed E-state index contributed by atoms with van der Waals surface area (Å²) < 4.78 is 2.22. The molecule has 0 unspecified atom stereocenters. The molecule has 0 saturated carbocycles. The molecule has 134 valence electrons. The van der Waals surface area contributed by atoms with Crippen LogP contribution in [0.1, 0.15) is 11.1 Å². The van der Waals surface area contributed by atoms with Crippen LogP contribution >= 0.6 is 0 Å². The number of aromatic nitrogens is 1. The second kappa shape index (κ2) is 6.96. The van der Waals surface area contributed by atoms with E-state index in [2.05, 4.69) is 70.3 Å². The minimum Gasteiger partial charge on any atom is -0.346 e. The van der Waals surface area contributed by atoms with E-state index in [1.54, 1.807) is 0 Å². The molecule has 3 aromatic rings. The maximum absolute atomic E-state index is 13.0. The number of carbonyl (C=O) groups is 1. The minimum absolute atomic E-state index is 0.0729. The molecule has 1 amide bonds. The van der Waals surface area contributed by atoms with Gasteiger partial charge in [-0.15, -0.1) is 0 Å². The number of hydrogen-bond acceptors (Lipinski definition) is 2. The topological polar surface area (TPSA) is 28.5 Å². The summed E-state index contributed by atoms with van der Waals surface area (Å²) >= 11 is 0. The Morgan fingerprint density at radius 3 is 2.65 bits per heavy atom. The summed E-state index contributed by atoms with van der Waals surface area (Å²) in [7, 11) is 3.97. The Morgan fingerprint density at radius 1 is 1.08 bits per heavy atom. The summed E-state index contributed by atoms with van der Waals surface area (Å²) in [6.45, 7) is 2.36. The smallest absolute Gasteiger partial charge is 0.240 e. The van der Waals surface area contributed by atoms with Crippen LogP contribution < -0.4 is 0 Å². The molecule has 0 radical (unpaired) electrons. The number of benzene rings is 2. The van der Waals surface area contributed by atoms with E-state index in [0.717, 1.165) is 19.5 Å². The van der Waals surface area contributed by atoms with Gasteiger partial charge in [-0.1, -0.05) is 42.5 Å². The first-order valence-electron chi connectivity index (χ1n) is 9.19. The van der Waals surface area contributed by atoms with Crippen LogP contribution in [-0.2, 0) is 24.3 Å². The fraction of sp³-hybridized carbons (Fsp3) is 0.318. The maximum atomic E-state index is 13.0. The summed E-state index contributed by atoms with van der Waals surface area (Å²) in [4.78, 5) is 17.1. The normalized spacial score (nSPS) is 17.2. The summed E-state index contributed by atoms with van der Waals surface area (Å²) in [6, 6.07) is 18.9. The fourth-order valence-electron chi connectivity index (χ4n) is 3.89. The van der Waals surface area contributed by atoms with Gasteiger partial charge >= 0.3 is 0 Å². The number of rotatable bonds is 4. The molecule has 1 atom stereocenters. The Kier molecular flexibility index (Phi) is 4.51. The second-order valence-electron chi connectivity index (χ2n) is 7.23. The number of likely N-dealkylation sites (N-methyl/N-ethyl adjacent to an activating group) is 2. The molecule has 0 spiro atoms. The van der Waals surface area contributed by atoms with Crippen molar-refractivity contribution in [3.63, 3.8) is 0 Å². The van der Waals surface area contributed by atoms with Gasteiger partial charge in [0.25, 0.3) is 0 Å². The third kappa shape index (κ3) is 3.13. The van der Waals surface area contributed by atoms with E-state index in [1.165, 1.54) is 22.0 Å². The molecule has 2 heterocycles. The molecule has 0 fully saturated rings. The van der Waals surface area contributed by atoms with Crippen molar-refractivity contribution in [2.45, 2.75) is 25.6 Å².